The summed E-state index contributed by atoms with van der Waals surface area (Å²) in [6.07, 6.45) is 20.8. The molecule has 0 heterocycles. The van der Waals surface area contributed by atoms with Crippen molar-refractivity contribution < 1.29 is 24.5 Å². The van der Waals surface area contributed by atoms with Gasteiger partial charge < -0.3 is 19.7 Å². The minimum atomic E-state index is -0.750. The first-order valence-corrected chi connectivity index (χ1v) is 13.8. The van der Waals surface area contributed by atoms with Gasteiger partial charge in [0.05, 0.1) is 25.9 Å². The number of hydrogen-bond acceptors (Lipinski definition) is 6. The average molecular weight is 474 g/mol. The van der Waals surface area contributed by atoms with Crippen molar-refractivity contribution in [2.75, 3.05) is 40.0 Å². The van der Waals surface area contributed by atoms with Crippen LogP contribution >= 0.6 is 0 Å². The van der Waals surface area contributed by atoms with E-state index in [0.29, 0.717) is 6.61 Å². The smallest absolute Gasteiger partial charge is 0.325 e. The Kier molecular flexibility index (Phi) is 23.9. The minimum absolute atomic E-state index is 0.240. The third kappa shape index (κ3) is 20.4. The maximum Gasteiger partial charge on any atom is 0.325 e. The molecule has 2 unspecified atom stereocenters. The van der Waals surface area contributed by atoms with Gasteiger partial charge in [-0.05, 0) is 20.4 Å². The Morgan fingerprint density at radius 1 is 0.788 bits per heavy atom. The number of ether oxygens (including phenoxy) is 2. The predicted octanol–water partition coefficient (Wildman–Crippen LogP) is 5.48. The second kappa shape index (κ2) is 24.4. The standard InChI is InChI=1S/C27H55NO5/c1-4-6-7-8-9-10-11-12-13-14-15-16-17-18-19-20-21-32-24-25(30)22-28(3)26(23-29)27(31)33-5-2/h25-26,29-30H,4-24H2,1-3H3. The molecular formula is C27H55NO5. The van der Waals surface area contributed by atoms with Crippen LogP contribution in [0.1, 0.15) is 117 Å². The fourth-order valence-corrected chi connectivity index (χ4v) is 4.12. The normalized spacial score (nSPS) is 13.4. The summed E-state index contributed by atoms with van der Waals surface area (Å²) in [7, 11) is 1.69. The van der Waals surface area contributed by atoms with E-state index in [-0.39, 0.29) is 26.4 Å². The molecule has 0 bridgehead atoms. The maximum absolute atomic E-state index is 11.8. The Balaban J connectivity index is 3.42. The summed E-state index contributed by atoms with van der Waals surface area (Å²) in [5.41, 5.74) is 0. The molecular weight excluding hydrogens is 418 g/mol. The number of nitrogens with zero attached hydrogens (tertiary/aromatic N) is 1. The molecule has 33 heavy (non-hydrogen) atoms. The largest absolute Gasteiger partial charge is 0.465 e. The lowest BCUT2D eigenvalue weighted by Gasteiger charge is -2.26. The highest BCUT2D eigenvalue weighted by atomic mass is 16.5. The monoisotopic (exact) mass is 473 g/mol. The number of aliphatic hydroxyl groups excluding tert-OH is 2. The number of carbonyl (C=O) groups excluding carboxylic acids is 1. The molecule has 0 aliphatic heterocycles. The molecule has 0 saturated carbocycles. The molecule has 2 N–H and O–H groups in total. The average Bonchev–Trinajstić information content (AvgIpc) is 2.79. The topological polar surface area (TPSA) is 79.2 Å². The third-order valence-corrected chi connectivity index (χ3v) is 6.21. The predicted molar refractivity (Wildman–Crippen MR) is 137 cm³/mol. The molecule has 0 aliphatic rings. The molecule has 0 aromatic rings. The van der Waals surface area contributed by atoms with E-state index < -0.39 is 18.1 Å². The van der Waals surface area contributed by atoms with Gasteiger partial charge >= 0.3 is 5.97 Å². The first-order chi connectivity index (χ1) is 16.1. The lowest BCUT2D eigenvalue weighted by Crippen LogP contribution is -2.46. The van der Waals surface area contributed by atoms with Gasteiger partial charge in [-0.1, -0.05) is 103 Å². The lowest BCUT2D eigenvalue weighted by atomic mass is 10.0. The number of carbonyl (C=O) groups is 1. The SMILES string of the molecule is CCCCCCCCCCCCCCCCCCOCC(O)CN(C)C(CO)C(=O)OCC. The highest BCUT2D eigenvalue weighted by Crippen LogP contribution is 2.13. The van der Waals surface area contributed by atoms with Crippen molar-refractivity contribution in [1.29, 1.82) is 0 Å². The Bertz CT molecular complexity index is 421. The van der Waals surface area contributed by atoms with Crippen molar-refractivity contribution in [2.45, 2.75) is 129 Å². The van der Waals surface area contributed by atoms with Crippen LogP contribution in [-0.2, 0) is 14.3 Å². The summed E-state index contributed by atoms with van der Waals surface area (Å²) in [5, 5.41) is 19.5. The highest BCUT2D eigenvalue weighted by Gasteiger charge is 2.25. The van der Waals surface area contributed by atoms with E-state index in [1.54, 1.807) is 18.9 Å². The van der Waals surface area contributed by atoms with E-state index in [0.717, 1.165) is 6.42 Å². The Labute approximate surface area is 204 Å². The molecule has 0 saturated heterocycles. The van der Waals surface area contributed by atoms with Gasteiger partial charge in [-0.3, -0.25) is 9.69 Å². The highest BCUT2D eigenvalue weighted by molar-refractivity contribution is 5.75. The summed E-state index contributed by atoms with van der Waals surface area (Å²) in [5.74, 6) is -0.469. The second-order valence-corrected chi connectivity index (χ2v) is 9.42. The quantitative estimate of drug-likeness (QED) is 0.135. The van der Waals surface area contributed by atoms with E-state index in [1.165, 1.54) is 96.3 Å². The molecule has 0 aliphatic carbocycles. The Morgan fingerprint density at radius 3 is 1.67 bits per heavy atom. The summed E-state index contributed by atoms with van der Waals surface area (Å²) >= 11 is 0. The number of likely N-dealkylation sites (N-methyl/N-ethyl adjacent to an activating group) is 1. The van der Waals surface area contributed by atoms with Crippen molar-refractivity contribution in [3.05, 3.63) is 0 Å². The van der Waals surface area contributed by atoms with Crippen LogP contribution in [0.2, 0.25) is 0 Å². The number of unbranched alkanes of at least 4 members (excludes halogenated alkanes) is 15. The molecule has 0 aromatic carbocycles. The first-order valence-electron chi connectivity index (χ1n) is 13.8. The van der Waals surface area contributed by atoms with Gasteiger partial charge in [0, 0.05) is 13.2 Å². The van der Waals surface area contributed by atoms with Crippen LogP contribution in [-0.4, -0.2) is 73.2 Å². The van der Waals surface area contributed by atoms with Gasteiger partial charge in [-0.25, -0.2) is 0 Å². The van der Waals surface area contributed by atoms with Gasteiger partial charge in [-0.2, -0.15) is 0 Å². The first kappa shape index (κ1) is 32.3. The number of esters is 1. The van der Waals surface area contributed by atoms with Crippen LogP contribution in [0.4, 0.5) is 0 Å². The van der Waals surface area contributed by atoms with Crippen LogP contribution in [0.15, 0.2) is 0 Å². The molecule has 0 fully saturated rings. The lowest BCUT2D eigenvalue weighted by molar-refractivity contribution is -0.151. The van der Waals surface area contributed by atoms with E-state index in [9.17, 15) is 15.0 Å². The molecule has 0 amide bonds. The fraction of sp³-hybridized carbons (Fsp3) is 0.963. The molecule has 6 heteroatoms. The fourth-order valence-electron chi connectivity index (χ4n) is 4.12. The van der Waals surface area contributed by atoms with Crippen LogP contribution < -0.4 is 0 Å². The van der Waals surface area contributed by atoms with Crippen LogP contribution in [0, 0.1) is 0 Å². The zero-order valence-corrected chi connectivity index (χ0v) is 22.1. The van der Waals surface area contributed by atoms with Crippen molar-refractivity contribution in [3.8, 4) is 0 Å². The van der Waals surface area contributed by atoms with Crippen molar-refractivity contribution >= 4 is 5.97 Å². The van der Waals surface area contributed by atoms with E-state index in [2.05, 4.69) is 6.92 Å². The van der Waals surface area contributed by atoms with Crippen LogP contribution in [0.5, 0.6) is 0 Å². The third-order valence-electron chi connectivity index (χ3n) is 6.21. The second-order valence-electron chi connectivity index (χ2n) is 9.42. The summed E-state index contributed by atoms with van der Waals surface area (Å²) < 4.78 is 10.5. The van der Waals surface area contributed by atoms with Gasteiger partial charge in [0.15, 0.2) is 0 Å². The molecule has 2 atom stereocenters. The maximum atomic E-state index is 11.8. The minimum Gasteiger partial charge on any atom is -0.465 e. The van der Waals surface area contributed by atoms with Crippen molar-refractivity contribution in [1.82, 2.24) is 4.90 Å². The van der Waals surface area contributed by atoms with Gasteiger partial charge in [-0.15, -0.1) is 0 Å². The van der Waals surface area contributed by atoms with E-state index >= 15 is 0 Å². The molecule has 0 aromatic heterocycles. The Hall–Kier alpha value is -0.690. The van der Waals surface area contributed by atoms with Gasteiger partial charge in [0.2, 0.25) is 0 Å². The van der Waals surface area contributed by atoms with Crippen molar-refractivity contribution in [3.63, 3.8) is 0 Å². The molecule has 198 valence electrons. The van der Waals surface area contributed by atoms with Gasteiger partial charge in [0.25, 0.3) is 0 Å². The Morgan fingerprint density at radius 2 is 1.24 bits per heavy atom. The zero-order chi connectivity index (χ0) is 24.6. The van der Waals surface area contributed by atoms with E-state index in [1.807, 2.05) is 0 Å². The summed E-state index contributed by atoms with van der Waals surface area (Å²) in [6.45, 7) is 5.09. The van der Waals surface area contributed by atoms with E-state index in [4.69, 9.17) is 9.47 Å². The van der Waals surface area contributed by atoms with Gasteiger partial charge in [0.1, 0.15) is 6.04 Å². The number of rotatable bonds is 25. The summed E-state index contributed by atoms with van der Waals surface area (Å²) in [6, 6.07) is -0.750. The van der Waals surface area contributed by atoms with Crippen molar-refractivity contribution in [2.24, 2.45) is 0 Å². The molecule has 0 rings (SSSR count). The number of aliphatic hydroxyl groups is 2. The zero-order valence-electron chi connectivity index (χ0n) is 22.1. The van der Waals surface area contributed by atoms with Crippen LogP contribution in [0.3, 0.4) is 0 Å². The molecule has 0 radical (unpaired) electrons. The number of hydrogen-bond donors (Lipinski definition) is 2. The summed E-state index contributed by atoms with van der Waals surface area (Å²) in [4.78, 5) is 13.4. The molecule has 0 spiro atoms. The van der Waals surface area contributed by atoms with Crippen LogP contribution in [0.25, 0.3) is 0 Å². The molecule has 6 nitrogen and oxygen atoms in total.